The van der Waals surface area contributed by atoms with Crippen LogP contribution in [-0.2, 0) is 0 Å². The minimum absolute atomic E-state index is 0.759. The van der Waals surface area contributed by atoms with Crippen LogP contribution < -0.4 is 5.01 Å². The second kappa shape index (κ2) is 4.55. The van der Waals surface area contributed by atoms with Gasteiger partial charge in [0.2, 0.25) is 0 Å². The zero-order chi connectivity index (χ0) is 12.5. The largest absolute Gasteiger partial charge is 0.368 e. The topological polar surface area (TPSA) is 35.8 Å². The number of hydrogen-bond acceptors (Lipinski definition) is 3. The molecule has 0 saturated heterocycles. The molecule has 1 atom stereocenters. The van der Waals surface area contributed by atoms with Gasteiger partial charge in [-0.2, -0.15) is 5.10 Å². The quantitative estimate of drug-likeness (QED) is 0.877. The van der Waals surface area contributed by atoms with Gasteiger partial charge in [-0.1, -0.05) is 36.4 Å². The summed E-state index contributed by atoms with van der Waals surface area (Å²) in [6, 6.07) is 15.4. The van der Waals surface area contributed by atoms with E-state index in [9.17, 15) is 5.11 Å². The molecule has 1 aliphatic heterocycles. The van der Waals surface area contributed by atoms with Gasteiger partial charge in [0, 0.05) is 15.6 Å². The van der Waals surface area contributed by atoms with E-state index in [1.54, 1.807) is 11.2 Å². The molecule has 2 aromatic carbocycles. The molecule has 1 N–H and O–H groups in total. The van der Waals surface area contributed by atoms with Gasteiger partial charge in [0.15, 0.2) is 6.23 Å². The predicted molar refractivity (Wildman–Crippen MR) is 75.6 cm³/mol. The van der Waals surface area contributed by atoms with Crippen LogP contribution in [0.3, 0.4) is 0 Å². The lowest BCUT2D eigenvalue weighted by atomic mass is 10.1. The Morgan fingerprint density at radius 2 is 1.78 bits per heavy atom. The van der Waals surface area contributed by atoms with E-state index >= 15 is 0 Å². The Hall–Kier alpha value is -1.65. The highest BCUT2D eigenvalue weighted by Gasteiger charge is 2.24. The Morgan fingerprint density at radius 1 is 1.06 bits per heavy atom. The molecule has 0 spiro atoms. The Labute approximate surface area is 113 Å². The van der Waals surface area contributed by atoms with Gasteiger partial charge in [-0.05, 0) is 28.1 Å². The van der Waals surface area contributed by atoms with Crippen LogP contribution in [0, 0.1) is 0 Å². The zero-order valence-corrected chi connectivity index (χ0v) is 11.1. The third-order valence-corrected chi connectivity index (χ3v) is 3.60. The van der Waals surface area contributed by atoms with E-state index in [0.29, 0.717) is 0 Å². The summed E-state index contributed by atoms with van der Waals surface area (Å²) in [5.41, 5.74) is 2.66. The van der Waals surface area contributed by atoms with Crippen molar-refractivity contribution in [3.05, 3.63) is 64.1 Å². The first kappa shape index (κ1) is 11.4. The van der Waals surface area contributed by atoms with E-state index in [4.69, 9.17) is 0 Å². The highest BCUT2D eigenvalue weighted by Crippen LogP contribution is 2.34. The van der Waals surface area contributed by atoms with Crippen LogP contribution in [0.25, 0.3) is 0 Å². The zero-order valence-electron chi connectivity index (χ0n) is 9.49. The summed E-state index contributed by atoms with van der Waals surface area (Å²) in [4.78, 5) is 0. The maximum absolute atomic E-state index is 10.4. The van der Waals surface area contributed by atoms with Crippen molar-refractivity contribution in [3.8, 4) is 0 Å². The molecular formula is C14H11BrN2O. The number of anilines is 1. The summed E-state index contributed by atoms with van der Waals surface area (Å²) in [6.07, 6.45) is 1.01. The summed E-state index contributed by atoms with van der Waals surface area (Å²) in [5.74, 6) is 0. The number of fused-ring (bicyclic) bond motifs is 1. The SMILES string of the molecule is OC1c2ccccc2C=NN1c1ccccc1Br. The van der Waals surface area contributed by atoms with Crippen molar-refractivity contribution in [1.29, 1.82) is 0 Å². The normalized spacial score (nSPS) is 17.7. The summed E-state index contributed by atoms with van der Waals surface area (Å²) in [7, 11) is 0. The minimum Gasteiger partial charge on any atom is -0.368 e. The first-order valence-electron chi connectivity index (χ1n) is 5.62. The lowest BCUT2D eigenvalue weighted by Crippen LogP contribution is -2.27. The van der Waals surface area contributed by atoms with Gasteiger partial charge in [0.25, 0.3) is 0 Å². The molecule has 0 aliphatic carbocycles. The monoisotopic (exact) mass is 302 g/mol. The van der Waals surface area contributed by atoms with Gasteiger partial charge in [-0.15, -0.1) is 0 Å². The van der Waals surface area contributed by atoms with Gasteiger partial charge in [-0.25, -0.2) is 5.01 Å². The summed E-state index contributed by atoms with van der Waals surface area (Å²) >= 11 is 3.47. The number of hydrogen-bond donors (Lipinski definition) is 1. The van der Waals surface area contributed by atoms with Crippen molar-refractivity contribution in [2.45, 2.75) is 6.23 Å². The Morgan fingerprint density at radius 3 is 2.61 bits per heavy atom. The van der Waals surface area contributed by atoms with Gasteiger partial charge in [0.05, 0.1) is 11.9 Å². The number of benzene rings is 2. The number of halogens is 1. The molecule has 3 rings (SSSR count). The Kier molecular flexibility index (Phi) is 2.89. The first-order valence-corrected chi connectivity index (χ1v) is 6.41. The number of para-hydroxylation sites is 1. The van der Waals surface area contributed by atoms with Crippen LogP contribution in [0.1, 0.15) is 17.4 Å². The highest BCUT2D eigenvalue weighted by atomic mass is 79.9. The predicted octanol–water partition coefficient (Wildman–Crippen LogP) is 3.29. The minimum atomic E-state index is -0.759. The van der Waals surface area contributed by atoms with E-state index < -0.39 is 6.23 Å². The van der Waals surface area contributed by atoms with Crippen LogP contribution >= 0.6 is 15.9 Å². The molecular weight excluding hydrogens is 292 g/mol. The fourth-order valence-corrected chi connectivity index (χ4v) is 2.48. The van der Waals surface area contributed by atoms with E-state index in [1.165, 1.54) is 0 Å². The molecule has 0 bridgehead atoms. The molecule has 4 heteroatoms. The molecule has 0 radical (unpaired) electrons. The number of nitrogens with zero attached hydrogens (tertiary/aromatic N) is 2. The van der Waals surface area contributed by atoms with E-state index in [2.05, 4.69) is 21.0 Å². The molecule has 0 aromatic heterocycles. The lowest BCUT2D eigenvalue weighted by Gasteiger charge is -2.30. The van der Waals surface area contributed by atoms with Gasteiger partial charge in [0.1, 0.15) is 0 Å². The molecule has 1 unspecified atom stereocenters. The molecule has 2 aromatic rings. The van der Waals surface area contributed by atoms with E-state index in [-0.39, 0.29) is 0 Å². The molecule has 0 fully saturated rings. The summed E-state index contributed by atoms with van der Waals surface area (Å²) in [6.45, 7) is 0. The van der Waals surface area contributed by atoms with Crippen LogP contribution in [0.15, 0.2) is 58.1 Å². The van der Waals surface area contributed by atoms with Gasteiger partial charge < -0.3 is 5.11 Å². The standard InChI is InChI=1S/C14H11BrN2O/c15-12-7-3-4-8-13(12)17-14(18)11-6-2-1-5-10(11)9-16-17/h1-9,14,18H. The van der Waals surface area contributed by atoms with Crippen molar-refractivity contribution in [2.24, 2.45) is 5.10 Å². The van der Waals surface area contributed by atoms with Gasteiger partial charge in [-0.3, -0.25) is 0 Å². The second-order valence-corrected chi connectivity index (χ2v) is 4.90. The molecule has 18 heavy (non-hydrogen) atoms. The van der Waals surface area contributed by atoms with Gasteiger partial charge >= 0.3 is 0 Å². The van der Waals surface area contributed by atoms with Crippen LogP contribution in [0.5, 0.6) is 0 Å². The highest BCUT2D eigenvalue weighted by molar-refractivity contribution is 9.10. The average Bonchev–Trinajstić information content (AvgIpc) is 2.41. The van der Waals surface area contributed by atoms with Crippen molar-refractivity contribution in [3.63, 3.8) is 0 Å². The van der Waals surface area contributed by atoms with Crippen LogP contribution in [-0.4, -0.2) is 11.3 Å². The molecule has 0 saturated carbocycles. The smallest absolute Gasteiger partial charge is 0.174 e. The second-order valence-electron chi connectivity index (χ2n) is 4.04. The molecule has 3 nitrogen and oxygen atoms in total. The van der Waals surface area contributed by atoms with Crippen LogP contribution in [0.4, 0.5) is 5.69 Å². The maximum atomic E-state index is 10.4. The fraction of sp³-hybridized carbons (Fsp3) is 0.0714. The number of rotatable bonds is 1. The fourth-order valence-electron chi connectivity index (χ4n) is 2.01. The molecule has 1 heterocycles. The first-order chi connectivity index (χ1) is 8.77. The van der Waals surface area contributed by atoms with E-state index in [0.717, 1.165) is 21.3 Å². The third kappa shape index (κ3) is 1.83. The summed E-state index contributed by atoms with van der Waals surface area (Å²) in [5, 5.41) is 16.3. The van der Waals surface area contributed by atoms with Crippen molar-refractivity contribution < 1.29 is 5.11 Å². The van der Waals surface area contributed by atoms with Crippen molar-refractivity contribution in [1.82, 2.24) is 0 Å². The number of hydrazone groups is 1. The molecule has 1 aliphatic rings. The van der Waals surface area contributed by atoms with Crippen LogP contribution in [0.2, 0.25) is 0 Å². The lowest BCUT2D eigenvalue weighted by molar-refractivity contribution is 0.170. The summed E-state index contributed by atoms with van der Waals surface area (Å²) < 4.78 is 0.903. The van der Waals surface area contributed by atoms with Crippen molar-refractivity contribution >= 4 is 27.8 Å². The Bertz CT molecular complexity index is 612. The average molecular weight is 303 g/mol. The Balaban J connectivity index is 2.06. The van der Waals surface area contributed by atoms with E-state index in [1.807, 2.05) is 48.5 Å². The third-order valence-electron chi connectivity index (χ3n) is 2.93. The van der Waals surface area contributed by atoms with Crippen molar-refractivity contribution in [2.75, 3.05) is 5.01 Å². The molecule has 90 valence electrons. The number of aliphatic hydroxyl groups excluding tert-OH is 1. The molecule has 0 amide bonds. The number of aliphatic hydroxyl groups is 1. The maximum Gasteiger partial charge on any atom is 0.174 e.